The number of hydrogen-bond acceptors (Lipinski definition) is 2. The number of fused-ring (bicyclic) bond motifs is 2. The lowest BCUT2D eigenvalue weighted by Gasteiger charge is -2.49. The van der Waals surface area contributed by atoms with Crippen molar-refractivity contribution in [2.75, 3.05) is 19.6 Å². The van der Waals surface area contributed by atoms with Crippen LogP contribution in [0.3, 0.4) is 0 Å². The molecule has 0 aromatic heterocycles. The van der Waals surface area contributed by atoms with E-state index in [9.17, 15) is 0 Å². The number of piperidine rings is 1. The van der Waals surface area contributed by atoms with Gasteiger partial charge >= 0.3 is 0 Å². The summed E-state index contributed by atoms with van der Waals surface area (Å²) < 4.78 is 0. The van der Waals surface area contributed by atoms with Crippen LogP contribution in [0.2, 0.25) is 0 Å². The highest BCUT2D eigenvalue weighted by Gasteiger charge is 2.39. The fourth-order valence-electron chi connectivity index (χ4n) is 3.52. The lowest BCUT2D eigenvalue weighted by Crippen LogP contribution is -2.58. The van der Waals surface area contributed by atoms with Gasteiger partial charge in [-0.25, -0.2) is 0 Å². The highest BCUT2D eigenvalue weighted by atomic mass is 15.2. The van der Waals surface area contributed by atoms with Crippen molar-refractivity contribution in [2.45, 2.75) is 52.1 Å². The minimum atomic E-state index is 0.709. The van der Waals surface area contributed by atoms with E-state index >= 15 is 0 Å². The molecule has 1 aliphatic heterocycles. The van der Waals surface area contributed by atoms with Gasteiger partial charge in [0.25, 0.3) is 0 Å². The maximum atomic E-state index is 4.00. The number of nitrogens with zero attached hydrogens (tertiary/aromatic N) is 1. The average molecular weight is 236 g/mol. The molecule has 2 nitrogen and oxygen atoms in total. The van der Waals surface area contributed by atoms with Crippen molar-refractivity contribution in [3.63, 3.8) is 0 Å². The van der Waals surface area contributed by atoms with Gasteiger partial charge in [-0.05, 0) is 45.4 Å². The van der Waals surface area contributed by atoms with E-state index in [1.54, 1.807) is 0 Å². The van der Waals surface area contributed by atoms with Crippen LogP contribution in [0.5, 0.6) is 0 Å². The van der Waals surface area contributed by atoms with Crippen LogP contribution in [-0.2, 0) is 0 Å². The molecule has 0 aromatic carbocycles. The van der Waals surface area contributed by atoms with Gasteiger partial charge in [0.05, 0.1) is 0 Å². The van der Waals surface area contributed by atoms with Gasteiger partial charge in [0.1, 0.15) is 0 Å². The summed E-state index contributed by atoms with van der Waals surface area (Å²) >= 11 is 0. The molecule has 2 atom stereocenters. The Hall–Kier alpha value is -0.340. The molecule has 1 saturated heterocycles. The Bertz CT molecular complexity index is 258. The Morgan fingerprint density at radius 2 is 1.88 bits per heavy atom. The van der Waals surface area contributed by atoms with Gasteiger partial charge in [-0.1, -0.05) is 18.6 Å². The maximum Gasteiger partial charge on any atom is 0.0161 e. The fraction of sp³-hybridized carbons (Fsp3) is 0.867. The van der Waals surface area contributed by atoms with E-state index in [1.807, 2.05) is 0 Å². The van der Waals surface area contributed by atoms with E-state index in [0.29, 0.717) is 6.04 Å². The summed E-state index contributed by atoms with van der Waals surface area (Å²) in [4.78, 5) is 2.67. The molecule has 0 aromatic rings. The highest BCUT2D eigenvalue weighted by Crippen LogP contribution is 2.35. The van der Waals surface area contributed by atoms with Gasteiger partial charge in [0, 0.05) is 31.7 Å². The zero-order valence-corrected chi connectivity index (χ0v) is 11.7. The lowest BCUT2D eigenvalue weighted by atomic mass is 9.73. The summed E-state index contributed by atoms with van der Waals surface area (Å²) in [5, 5.41) is 3.76. The number of likely N-dealkylation sites (tertiary alicyclic amines) is 1. The molecule has 1 N–H and O–H groups in total. The van der Waals surface area contributed by atoms with Crippen LogP contribution in [0.25, 0.3) is 0 Å². The lowest BCUT2D eigenvalue weighted by molar-refractivity contribution is 0.0309. The van der Waals surface area contributed by atoms with E-state index < -0.39 is 0 Å². The minimum Gasteiger partial charge on any atom is -0.310 e. The fourth-order valence-corrected chi connectivity index (χ4v) is 3.52. The second-order valence-electron chi connectivity index (χ2n) is 6.36. The standard InChI is InChI=1S/C15H28N2/c1-11(2)8-16-15-13-6-5-7-14(15)10-17(9-13)12(3)4/h12-16H,1,5-10H2,2-4H3. The van der Waals surface area contributed by atoms with E-state index in [2.05, 4.69) is 37.6 Å². The van der Waals surface area contributed by atoms with Gasteiger partial charge in [-0.3, -0.25) is 0 Å². The van der Waals surface area contributed by atoms with E-state index in [0.717, 1.165) is 24.4 Å². The smallest absolute Gasteiger partial charge is 0.0161 e. The molecule has 2 fully saturated rings. The van der Waals surface area contributed by atoms with Crippen molar-refractivity contribution < 1.29 is 0 Å². The number of hydrogen-bond donors (Lipinski definition) is 1. The molecule has 17 heavy (non-hydrogen) atoms. The maximum absolute atomic E-state index is 4.00. The van der Waals surface area contributed by atoms with Gasteiger partial charge in [-0.15, -0.1) is 0 Å². The van der Waals surface area contributed by atoms with Gasteiger partial charge < -0.3 is 10.2 Å². The van der Waals surface area contributed by atoms with Crippen LogP contribution >= 0.6 is 0 Å². The SMILES string of the molecule is C=C(C)CNC1C2CCCC1CN(C(C)C)C2. The first-order chi connectivity index (χ1) is 8.08. The third-order valence-corrected chi connectivity index (χ3v) is 4.47. The van der Waals surface area contributed by atoms with Crippen molar-refractivity contribution in [2.24, 2.45) is 11.8 Å². The predicted octanol–water partition coefficient (Wildman–Crippen LogP) is 2.66. The summed E-state index contributed by atoms with van der Waals surface area (Å²) in [6.07, 6.45) is 4.26. The summed E-state index contributed by atoms with van der Waals surface area (Å²) in [5.74, 6) is 1.73. The van der Waals surface area contributed by atoms with Crippen molar-refractivity contribution in [3.05, 3.63) is 12.2 Å². The molecule has 2 unspecified atom stereocenters. The van der Waals surface area contributed by atoms with Crippen LogP contribution in [0.15, 0.2) is 12.2 Å². The largest absolute Gasteiger partial charge is 0.310 e. The van der Waals surface area contributed by atoms with Crippen LogP contribution < -0.4 is 5.32 Å². The first-order valence-electron chi connectivity index (χ1n) is 7.19. The summed E-state index contributed by atoms with van der Waals surface area (Å²) in [6.45, 7) is 14.4. The predicted molar refractivity (Wildman–Crippen MR) is 74.1 cm³/mol. The zero-order chi connectivity index (χ0) is 12.4. The van der Waals surface area contributed by atoms with Crippen LogP contribution in [0.4, 0.5) is 0 Å². The van der Waals surface area contributed by atoms with E-state index in [1.165, 1.54) is 37.9 Å². The Balaban J connectivity index is 1.97. The minimum absolute atomic E-state index is 0.709. The molecule has 2 heteroatoms. The van der Waals surface area contributed by atoms with Gasteiger partial charge in [0.15, 0.2) is 0 Å². The molecule has 2 aliphatic rings. The molecule has 1 saturated carbocycles. The molecule has 1 heterocycles. The van der Waals surface area contributed by atoms with Crippen molar-refractivity contribution >= 4 is 0 Å². The van der Waals surface area contributed by atoms with Crippen LogP contribution in [0, 0.1) is 11.8 Å². The third kappa shape index (κ3) is 3.11. The second-order valence-corrected chi connectivity index (χ2v) is 6.36. The Kier molecular flexibility index (Phi) is 4.26. The molecular formula is C15H28N2. The number of rotatable bonds is 4. The quantitative estimate of drug-likeness (QED) is 0.755. The monoisotopic (exact) mass is 236 g/mol. The average Bonchev–Trinajstić information content (AvgIpc) is 2.24. The topological polar surface area (TPSA) is 15.3 Å². The normalized spacial score (nSPS) is 34.0. The van der Waals surface area contributed by atoms with Gasteiger partial charge in [0.2, 0.25) is 0 Å². The van der Waals surface area contributed by atoms with Crippen molar-refractivity contribution in [1.29, 1.82) is 0 Å². The molecule has 0 spiro atoms. The molecular weight excluding hydrogens is 208 g/mol. The van der Waals surface area contributed by atoms with E-state index in [4.69, 9.17) is 0 Å². The molecule has 2 rings (SSSR count). The first-order valence-corrected chi connectivity index (χ1v) is 7.19. The van der Waals surface area contributed by atoms with Crippen LogP contribution in [-0.4, -0.2) is 36.6 Å². The summed E-state index contributed by atoms with van der Waals surface area (Å²) in [6, 6.07) is 1.45. The first kappa shape index (κ1) is 13.1. The Morgan fingerprint density at radius 1 is 1.29 bits per heavy atom. The van der Waals surface area contributed by atoms with Gasteiger partial charge in [-0.2, -0.15) is 0 Å². The highest BCUT2D eigenvalue weighted by molar-refractivity contribution is 4.99. The Morgan fingerprint density at radius 3 is 2.35 bits per heavy atom. The van der Waals surface area contributed by atoms with E-state index in [-0.39, 0.29) is 0 Å². The molecule has 2 bridgehead atoms. The zero-order valence-electron chi connectivity index (χ0n) is 11.7. The molecule has 1 aliphatic carbocycles. The number of nitrogens with one attached hydrogen (secondary N) is 1. The molecule has 0 amide bonds. The summed E-state index contributed by atoms with van der Waals surface area (Å²) in [7, 11) is 0. The third-order valence-electron chi connectivity index (χ3n) is 4.47. The molecule has 0 radical (unpaired) electrons. The second kappa shape index (κ2) is 5.53. The molecule has 98 valence electrons. The summed E-state index contributed by atoms with van der Waals surface area (Å²) in [5.41, 5.74) is 1.26. The Labute approximate surface area is 106 Å². The van der Waals surface area contributed by atoms with Crippen LogP contribution in [0.1, 0.15) is 40.0 Å². The van der Waals surface area contributed by atoms with Crippen molar-refractivity contribution in [1.82, 2.24) is 10.2 Å². The van der Waals surface area contributed by atoms with Crippen molar-refractivity contribution in [3.8, 4) is 0 Å².